The smallest absolute Gasteiger partial charge is 0.335 e. The summed E-state index contributed by atoms with van der Waals surface area (Å²) in [7, 11) is -2.30. The first-order chi connectivity index (χ1) is 17.2. The lowest BCUT2D eigenvalue weighted by molar-refractivity contribution is -0.154. The van der Waals surface area contributed by atoms with E-state index in [0.717, 1.165) is 21.6 Å². The summed E-state index contributed by atoms with van der Waals surface area (Å²) < 4.78 is 59.1. The first kappa shape index (κ1) is 28.0. The molecule has 196 valence electrons. The van der Waals surface area contributed by atoms with E-state index in [1.807, 2.05) is 19.1 Å². The molecule has 0 aliphatic heterocycles. The number of rotatable bonds is 13. The number of fused-ring (bicyclic) bond motifs is 1. The number of carbonyl (C=O) groups is 1. The Labute approximate surface area is 215 Å². The summed E-state index contributed by atoms with van der Waals surface area (Å²) in [6.07, 6.45) is 0.336. The standard InChI is InChI=1S/C26H32FNO6S2/c1-5-13-28(36(30,31)26-18(3)22-17-20(27)9-12-24(22)35-26)14-15-34-21-10-7-19(8-11-21)16-23(32-4)25(29)33-6-2/h7-12,17,23H,5-6,13-16H2,1-4H3. The van der Waals surface area contributed by atoms with Crippen molar-refractivity contribution in [2.45, 2.75) is 43.9 Å². The minimum absolute atomic E-state index is 0.167. The van der Waals surface area contributed by atoms with Gasteiger partial charge in [0.1, 0.15) is 22.4 Å². The van der Waals surface area contributed by atoms with Gasteiger partial charge >= 0.3 is 5.97 Å². The molecule has 0 amide bonds. The van der Waals surface area contributed by atoms with Crippen molar-refractivity contribution in [3.63, 3.8) is 0 Å². The molecule has 36 heavy (non-hydrogen) atoms. The molecular formula is C26H32FNO6S2. The zero-order valence-corrected chi connectivity index (χ0v) is 22.6. The zero-order chi connectivity index (χ0) is 26.3. The fraction of sp³-hybridized carbons (Fsp3) is 0.423. The predicted octanol–water partition coefficient (Wildman–Crippen LogP) is 4.95. The topological polar surface area (TPSA) is 82.1 Å². The van der Waals surface area contributed by atoms with E-state index >= 15 is 0 Å². The van der Waals surface area contributed by atoms with Crippen LogP contribution in [0.2, 0.25) is 0 Å². The Balaban J connectivity index is 1.65. The second kappa shape index (κ2) is 12.6. The number of carbonyl (C=O) groups excluding carboxylic acids is 1. The highest BCUT2D eigenvalue weighted by atomic mass is 32.2. The van der Waals surface area contributed by atoms with Crippen molar-refractivity contribution in [2.75, 3.05) is 33.4 Å². The van der Waals surface area contributed by atoms with E-state index in [-0.39, 0.29) is 24.0 Å². The Morgan fingerprint density at radius 2 is 1.83 bits per heavy atom. The fourth-order valence-corrected chi connectivity index (χ4v) is 7.23. The third kappa shape index (κ3) is 6.61. The maximum Gasteiger partial charge on any atom is 0.335 e. The second-order valence-corrected chi connectivity index (χ2v) is 11.4. The van der Waals surface area contributed by atoms with E-state index in [1.54, 1.807) is 32.0 Å². The zero-order valence-electron chi connectivity index (χ0n) is 21.0. The number of hydrogen-bond donors (Lipinski definition) is 0. The molecule has 3 aromatic rings. The number of sulfonamides is 1. The van der Waals surface area contributed by atoms with Crippen LogP contribution in [-0.4, -0.2) is 58.2 Å². The molecule has 1 atom stereocenters. The molecule has 0 spiro atoms. The van der Waals surface area contributed by atoms with Crippen LogP contribution in [0.5, 0.6) is 5.75 Å². The molecule has 0 fully saturated rings. The average Bonchev–Trinajstić information content (AvgIpc) is 3.19. The maximum absolute atomic E-state index is 13.7. The van der Waals surface area contributed by atoms with Crippen molar-refractivity contribution in [1.29, 1.82) is 0 Å². The molecule has 0 bridgehead atoms. The van der Waals surface area contributed by atoms with Gasteiger partial charge in [0.15, 0.2) is 6.10 Å². The van der Waals surface area contributed by atoms with E-state index in [9.17, 15) is 17.6 Å². The van der Waals surface area contributed by atoms with Gasteiger partial charge in [-0.15, -0.1) is 11.3 Å². The Hall–Kier alpha value is -2.53. The molecule has 0 saturated carbocycles. The number of thiophene rings is 1. The van der Waals surface area contributed by atoms with Gasteiger partial charge in [0.25, 0.3) is 10.0 Å². The van der Waals surface area contributed by atoms with Crippen molar-refractivity contribution in [3.05, 3.63) is 59.4 Å². The lowest BCUT2D eigenvalue weighted by Crippen LogP contribution is -2.35. The van der Waals surface area contributed by atoms with Gasteiger partial charge in [0.05, 0.1) is 6.61 Å². The minimum Gasteiger partial charge on any atom is -0.492 e. The molecule has 1 heterocycles. The van der Waals surface area contributed by atoms with E-state index in [2.05, 4.69) is 0 Å². The van der Waals surface area contributed by atoms with Gasteiger partial charge in [0, 0.05) is 31.3 Å². The third-order valence-electron chi connectivity index (χ3n) is 5.69. The summed E-state index contributed by atoms with van der Waals surface area (Å²) in [5.41, 5.74) is 1.44. The lowest BCUT2D eigenvalue weighted by Gasteiger charge is -2.21. The molecule has 3 rings (SSSR count). The van der Waals surface area contributed by atoms with Crippen molar-refractivity contribution >= 4 is 37.4 Å². The normalized spacial score (nSPS) is 12.7. The van der Waals surface area contributed by atoms with Crippen LogP contribution in [0.4, 0.5) is 4.39 Å². The Bertz CT molecular complexity index is 1270. The highest BCUT2D eigenvalue weighted by molar-refractivity contribution is 7.91. The first-order valence-corrected chi connectivity index (χ1v) is 14.1. The van der Waals surface area contributed by atoms with Gasteiger partial charge < -0.3 is 14.2 Å². The van der Waals surface area contributed by atoms with Crippen LogP contribution in [0.15, 0.2) is 46.7 Å². The van der Waals surface area contributed by atoms with E-state index in [1.165, 1.54) is 23.5 Å². The molecule has 0 aliphatic carbocycles. The molecule has 0 saturated heterocycles. The van der Waals surface area contributed by atoms with Crippen molar-refractivity contribution in [2.24, 2.45) is 0 Å². The molecule has 0 aliphatic rings. The second-order valence-electron chi connectivity index (χ2n) is 8.23. The van der Waals surface area contributed by atoms with Gasteiger partial charge in [-0.05, 0) is 67.1 Å². The summed E-state index contributed by atoms with van der Waals surface area (Å²) in [6.45, 7) is 6.35. The molecular weight excluding hydrogens is 505 g/mol. The predicted molar refractivity (Wildman–Crippen MR) is 139 cm³/mol. The first-order valence-electron chi connectivity index (χ1n) is 11.8. The van der Waals surface area contributed by atoms with Crippen molar-refractivity contribution < 1.29 is 31.8 Å². The Morgan fingerprint density at radius 1 is 1.11 bits per heavy atom. The number of methoxy groups -OCH3 is 1. The highest BCUT2D eigenvalue weighted by Gasteiger charge is 2.28. The molecule has 0 radical (unpaired) electrons. The fourth-order valence-electron chi connectivity index (χ4n) is 3.83. The number of benzene rings is 2. The van der Waals surface area contributed by atoms with E-state index in [4.69, 9.17) is 14.2 Å². The summed E-state index contributed by atoms with van der Waals surface area (Å²) in [4.78, 5) is 11.9. The third-order valence-corrected chi connectivity index (χ3v) is 9.46. The van der Waals surface area contributed by atoms with Crippen LogP contribution in [0.3, 0.4) is 0 Å². The monoisotopic (exact) mass is 537 g/mol. The van der Waals surface area contributed by atoms with Crippen LogP contribution in [0.1, 0.15) is 31.4 Å². The van der Waals surface area contributed by atoms with Crippen LogP contribution < -0.4 is 4.74 Å². The Morgan fingerprint density at radius 3 is 2.47 bits per heavy atom. The summed E-state index contributed by atoms with van der Waals surface area (Å²) in [6, 6.07) is 11.5. The van der Waals surface area contributed by atoms with Crippen LogP contribution in [0.25, 0.3) is 10.1 Å². The summed E-state index contributed by atoms with van der Waals surface area (Å²) in [5, 5.41) is 0.616. The summed E-state index contributed by atoms with van der Waals surface area (Å²) in [5.74, 6) is -0.210. The molecule has 0 N–H and O–H groups in total. The number of ether oxygens (including phenoxy) is 3. The number of hydrogen-bond acceptors (Lipinski definition) is 7. The average molecular weight is 538 g/mol. The van der Waals surface area contributed by atoms with Crippen molar-refractivity contribution in [3.8, 4) is 5.75 Å². The molecule has 10 heteroatoms. The van der Waals surface area contributed by atoms with Crippen molar-refractivity contribution in [1.82, 2.24) is 4.31 Å². The minimum atomic E-state index is -3.77. The van der Waals surface area contributed by atoms with Crippen LogP contribution in [0, 0.1) is 12.7 Å². The SMILES string of the molecule is CCCN(CCOc1ccc(CC(OC)C(=O)OCC)cc1)S(=O)(=O)c1sc2ccc(F)cc2c1C. The van der Waals surface area contributed by atoms with Gasteiger partial charge in [-0.1, -0.05) is 19.1 Å². The van der Waals surface area contributed by atoms with Gasteiger partial charge in [-0.25, -0.2) is 17.6 Å². The molecule has 1 aromatic heterocycles. The number of halogens is 1. The van der Waals surface area contributed by atoms with E-state index in [0.29, 0.717) is 36.1 Å². The quantitative estimate of drug-likeness (QED) is 0.287. The number of nitrogens with zero attached hydrogens (tertiary/aromatic N) is 1. The molecule has 2 aromatic carbocycles. The highest BCUT2D eigenvalue weighted by Crippen LogP contribution is 2.36. The van der Waals surface area contributed by atoms with Crippen LogP contribution in [-0.2, 0) is 30.7 Å². The largest absolute Gasteiger partial charge is 0.492 e. The number of aryl methyl sites for hydroxylation is 1. The number of esters is 1. The molecule has 7 nitrogen and oxygen atoms in total. The van der Waals surface area contributed by atoms with Gasteiger partial charge in [-0.3, -0.25) is 0 Å². The summed E-state index contributed by atoms with van der Waals surface area (Å²) >= 11 is 1.16. The maximum atomic E-state index is 13.7. The lowest BCUT2D eigenvalue weighted by atomic mass is 10.1. The van der Waals surface area contributed by atoms with Gasteiger partial charge in [0.2, 0.25) is 0 Å². The van der Waals surface area contributed by atoms with Gasteiger partial charge in [-0.2, -0.15) is 4.31 Å². The van der Waals surface area contributed by atoms with Crippen LogP contribution >= 0.6 is 11.3 Å². The molecule has 1 unspecified atom stereocenters. The van der Waals surface area contributed by atoms with E-state index < -0.39 is 27.9 Å². The Kier molecular flexibility index (Phi) is 9.84.